The van der Waals surface area contributed by atoms with Gasteiger partial charge < -0.3 is 15.5 Å². The molecule has 2 N–H and O–H groups in total. The standard InChI is InChI=1S/C12H14BrN3O2/c13-9-3-1-2-4-10(9)15-11(17)8-16-6-5-14-7-12(16)18/h1-4,14H,5-8H2,(H,15,17). The molecule has 1 heterocycles. The Labute approximate surface area is 114 Å². The topological polar surface area (TPSA) is 61.4 Å². The highest BCUT2D eigenvalue weighted by atomic mass is 79.9. The Bertz CT molecular complexity index is 464. The minimum absolute atomic E-state index is 0.0384. The molecule has 0 atom stereocenters. The minimum atomic E-state index is -0.183. The summed E-state index contributed by atoms with van der Waals surface area (Å²) in [7, 11) is 0. The van der Waals surface area contributed by atoms with Gasteiger partial charge in [0.1, 0.15) is 0 Å². The van der Waals surface area contributed by atoms with Gasteiger partial charge in [0.05, 0.1) is 18.8 Å². The molecule has 96 valence electrons. The van der Waals surface area contributed by atoms with Gasteiger partial charge in [-0.2, -0.15) is 0 Å². The number of rotatable bonds is 3. The molecule has 0 aliphatic carbocycles. The van der Waals surface area contributed by atoms with E-state index in [1.165, 1.54) is 0 Å². The van der Waals surface area contributed by atoms with E-state index in [4.69, 9.17) is 0 Å². The lowest BCUT2D eigenvalue weighted by Gasteiger charge is -2.26. The molecule has 18 heavy (non-hydrogen) atoms. The predicted octanol–water partition coefficient (Wildman–Crippen LogP) is 0.819. The Morgan fingerprint density at radius 2 is 2.22 bits per heavy atom. The molecule has 0 bridgehead atoms. The van der Waals surface area contributed by atoms with Gasteiger partial charge in [-0.05, 0) is 28.1 Å². The molecule has 0 unspecified atom stereocenters. The van der Waals surface area contributed by atoms with Crippen molar-refractivity contribution in [2.24, 2.45) is 0 Å². The van der Waals surface area contributed by atoms with Crippen LogP contribution in [-0.4, -0.2) is 42.9 Å². The molecule has 1 aliphatic rings. The third-order valence-corrected chi connectivity index (χ3v) is 3.36. The number of carbonyl (C=O) groups is 2. The van der Waals surface area contributed by atoms with Gasteiger partial charge in [-0.1, -0.05) is 12.1 Å². The van der Waals surface area contributed by atoms with Crippen LogP contribution >= 0.6 is 15.9 Å². The van der Waals surface area contributed by atoms with E-state index >= 15 is 0 Å². The highest BCUT2D eigenvalue weighted by molar-refractivity contribution is 9.10. The molecular formula is C12H14BrN3O2. The monoisotopic (exact) mass is 311 g/mol. The first-order valence-electron chi connectivity index (χ1n) is 5.69. The van der Waals surface area contributed by atoms with Crippen LogP contribution in [0.4, 0.5) is 5.69 Å². The lowest BCUT2D eigenvalue weighted by molar-refractivity contribution is -0.135. The van der Waals surface area contributed by atoms with Crippen molar-refractivity contribution in [2.75, 3.05) is 31.5 Å². The number of anilines is 1. The van der Waals surface area contributed by atoms with Crippen molar-refractivity contribution in [3.05, 3.63) is 28.7 Å². The van der Waals surface area contributed by atoms with Gasteiger partial charge in [0.25, 0.3) is 0 Å². The van der Waals surface area contributed by atoms with E-state index in [2.05, 4.69) is 26.6 Å². The molecule has 2 amide bonds. The van der Waals surface area contributed by atoms with Crippen molar-refractivity contribution in [3.63, 3.8) is 0 Å². The normalized spacial score (nSPS) is 15.6. The van der Waals surface area contributed by atoms with Crippen LogP contribution in [0.25, 0.3) is 0 Å². The van der Waals surface area contributed by atoms with Crippen LogP contribution in [0.1, 0.15) is 0 Å². The first-order valence-corrected chi connectivity index (χ1v) is 6.49. The minimum Gasteiger partial charge on any atom is -0.331 e. The molecule has 6 heteroatoms. The number of nitrogens with zero attached hydrogens (tertiary/aromatic N) is 1. The molecule has 1 fully saturated rings. The van der Waals surface area contributed by atoms with Crippen LogP contribution in [0.5, 0.6) is 0 Å². The average Bonchev–Trinajstić information content (AvgIpc) is 2.35. The third kappa shape index (κ3) is 3.30. The van der Waals surface area contributed by atoms with Crippen molar-refractivity contribution < 1.29 is 9.59 Å². The maximum atomic E-state index is 11.8. The van der Waals surface area contributed by atoms with Crippen molar-refractivity contribution in [1.29, 1.82) is 0 Å². The fourth-order valence-electron chi connectivity index (χ4n) is 1.74. The Balaban J connectivity index is 1.92. The molecule has 5 nitrogen and oxygen atoms in total. The Morgan fingerprint density at radius 3 is 2.94 bits per heavy atom. The quantitative estimate of drug-likeness (QED) is 0.869. The summed E-state index contributed by atoms with van der Waals surface area (Å²) in [6.07, 6.45) is 0. The van der Waals surface area contributed by atoms with Crippen LogP contribution in [0, 0.1) is 0 Å². The molecule has 1 saturated heterocycles. The SMILES string of the molecule is O=C(CN1CCNCC1=O)Nc1ccccc1Br. The molecule has 1 aromatic carbocycles. The van der Waals surface area contributed by atoms with Gasteiger partial charge in [0.15, 0.2) is 0 Å². The van der Waals surface area contributed by atoms with Gasteiger partial charge in [0.2, 0.25) is 11.8 Å². The number of benzene rings is 1. The van der Waals surface area contributed by atoms with Crippen LogP contribution < -0.4 is 10.6 Å². The second-order valence-electron chi connectivity index (χ2n) is 4.02. The zero-order valence-electron chi connectivity index (χ0n) is 9.78. The molecule has 0 spiro atoms. The Morgan fingerprint density at radius 1 is 1.44 bits per heavy atom. The van der Waals surface area contributed by atoms with E-state index in [0.717, 1.165) is 11.0 Å². The Hall–Kier alpha value is -1.40. The van der Waals surface area contributed by atoms with Gasteiger partial charge in [-0.3, -0.25) is 9.59 Å². The van der Waals surface area contributed by atoms with E-state index in [9.17, 15) is 9.59 Å². The third-order valence-electron chi connectivity index (χ3n) is 2.67. The van der Waals surface area contributed by atoms with Crippen LogP contribution in [0.3, 0.4) is 0 Å². The molecule has 2 rings (SSSR count). The fourth-order valence-corrected chi connectivity index (χ4v) is 2.12. The first kappa shape index (κ1) is 13.0. The van der Waals surface area contributed by atoms with Crippen molar-refractivity contribution in [1.82, 2.24) is 10.2 Å². The number of nitrogens with one attached hydrogen (secondary N) is 2. The zero-order valence-corrected chi connectivity index (χ0v) is 11.4. The second-order valence-corrected chi connectivity index (χ2v) is 4.87. The van der Waals surface area contributed by atoms with Crippen molar-refractivity contribution in [2.45, 2.75) is 0 Å². The smallest absolute Gasteiger partial charge is 0.244 e. The largest absolute Gasteiger partial charge is 0.331 e. The summed E-state index contributed by atoms with van der Waals surface area (Å²) in [4.78, 5) is 24.9. The summed E-state index contributed by atoms with van der Waals surface area (Å²) in [5, 5.41) is 5.74. The first-order chi connectivity index (χ1) is 8.66. The number of piperazine rings is 1. The summed E-state index contributed by atoms with van der Waals surface area (Å²) < 4.78 is 0.824. The molecule has 1 aliphatic heterocycles. The van der Waals surface area contributed by atoms with E-state index in [-0.39, 0.29) is 18.4 Å². The van der Waals surface area contributed by atoms with E-state index in [1.807, 2.05) is 24.3 Å². The van der Waals surface area contributed by atoms with Crippen molar-refractivity contribution >= 4 is 33.4 Å². The maximum Gasteiger partial charge on any atom is 0.244 e. The molecule has 1 aromatic rings. The van der Waals surface area contributed by atoms with Gasteiger partial charge in [0, 0.05) is 17.6 Å². The highest BCUT2D eigenvalue weighted by Crippen LogP contribution is 2.20. The summed E-state index contributed by atoms with van der Waals surface area (Å²) in [5.74, 6) is -0.222. The lowest BCUT2D eigenvalue weighted by atomic mass is 10.3. The number of hydrogen-bond donors (Lipinski definition) is 2. The van der Waals surface area contributed by atoms with E-state index in [1.54, 1.807) is 4.90 Å². The van der Waals surface area contributed by atoms with Gasteiger partial charge in [-0.15, -0.1) is 0 Å². The molecular weight excluding hydrogens is 298 g/mol. The predicted molar refractivity (Wildman–Crippen MR) is 72.2 cm³/mol. The Kier molecular flexibility index (Phi) is 4.33. The van der Waals surface area contributed by atoms with Crippen LogP contribution in [0.2, 0.25) is 0 Å². The lowest BCUT2D eigenvalue weighted by Crippen LogP contribution is -2.50. The van der Waals surface area contributed by atoms with E-state index < -0.39 is 0 Å². The van der Waals surface area contributed by atoms with Crippen LogP contribution in [-0.2, 0) is 9.59 Å². The highest BCUT2D eigenvalue weighted by Gasteiger charge is 2.20. The zero-order chi connectivity index (χ0) is 13.0. The number of para-hydroxylation sites is 1. The number of hydrogen-bond acceptors (Lipinski definition) is 3. The molecule has 0 radical (unpaired) electrons. The summed E-state index contributed by atoms with van der Waals surface area (Å²) >= 11 is 3.36. The van der Waals surface area contributed by atoms with E-state index in [0.29, 0.717) is 18.8 Å². The molecule has 0 saturated carbocycles. The number of carbonyl (C=O) groups excluding carboxylic acids is 2. The fraction of sp³-hybridized carbons (Fsp3) is 0.333. The van der Waals surface area contributed by atoms with Crippen LogP contribution in [0.15, 0.2) is 28.7 Å². The molecule has 0 aromatic heterocycles. The number of amides is 2. The summed E-state index contributed by atoms with van der Waals surface area (Å²) in [6.45, 7) is 1.71. The summed E-state index contributed by atoms with van der Waals surface area (Å²) in [5.41, 5.74) is 0.713. The van der Waals surface area contributed by atoms with Gasteiger partial charge in [-0.25, -0.2) is 0 Å². The maximum absolute atomic E-state index is 11.8. The van der Waals surface area contributed by atoms with Gasteiger partial charge >= 0.3 is 0 Å². The number of halogens is 1. The van der Waals surface area contributed by atoms with Crippen molar-refractivity contribution in [3.8, 4) is 0 Å². The summed E-state index contributed by atoms with van der Waals surface area (Å²) in [6, 6.07) is 7.38. The average molecular weight is 312 g/mol. The second kappa shape index (κ2) is 5.97.